The van der Waals surface area contributed by atoms with Crippen LogP contribution in [0.4, 0.5) is 17.3 Å². The van der Waals surface area contributed by atoms with E-state index in [1.54, 1.807) is 0 Å². The molecule has 0 bridgehead atoms. The molecule has 4 heterocycles. The van der Waals surface area contributed by atoms with Crippen LogP contribution in [0.2, 0.25) is 0 Å². The summed E-state index contributed by atoms with van der Waals surface area (Å²) in [5.41, 5.74) is 6.01. The van der Waals surface area contributed by atoms with Crippen molar-refractivity contribution in [3.8, 4) is 0 Å². The molecule has 9 atom stereocenters. The number of nitrogen functional groups attached to an aromatic ring is 1. The van der Waals surface area contributed by atoms with Gasteiger partial charge in [-0.25, -0.2) is 4.98 Å². The summed E-state index contributed by atoms with van der Waals surface area (Å²) in [5.74, 6) is 0.136. The Bertz CT molecular complexity index is 751. The largest absolute Gasteiger partial charge is 0.394 e. The molecule has 0 saturated carbocycles. The Labute approximate surface area is 158 Å². The molecule has 13 heteroatoms. The molecule has 1 aromatic rings. The van der Waals surface area contributed by atoms with Gasteiger partial charge in [0.1, 0.15) is 30.7 Å². The topological polar surface area (TPSA) is 204 Å². The number of hydrogen-bond acceptors (Lipinski definition) is 12. The van der Waals surface area contributed by atoms with E-state index in [4.69, 9.17) is 15.2 Å². The summed E-state index contributed by atoms with van der Waals surface area (Å²) >= 11 is 0. The third kappa shape index (κ3) is 2.50. The van der Waals surface area contributed by atoms with E-state index in [0.717, 1.165) is 6.33 Å². The molecule has 0 radical (unpaired) electrons. The summed E-state index contributed by atoms with van der Waals surface area (Å²) in [4.78, 5) is 12.2. The van der Waals surface area contributed by atoms with Gasteiger partial charge in [0.15, 0.2) is 23.7 Å². The molecule has 0 spiro atoms. The number of fused-ring (bicyclic) bond motifs is 1. The molecule has 2 fully saturated rings. The predicted octanol–water partition coefficient (Wildman–Crippen LogP) is -4.08. The van der Waals surface area contributed by atoms with Gasteiger partial charge in [0.25, 0.3) is 5.82 Å². The van der Waals surface area contributed by atoms with Crippen molar-refractivity contribution >= 4 is 23.7 Å². The van der Waals surface area contributed by atoms with Crippen LogP contribution in [-0.4, -0.2) is 109 Å². The number of nitrogens with two attached hydrogens (primary N) is 1. The van der Waals surface area contributed by atoms with Gasteiger partial charge in [-0.2, -0.15) is 14.5 Å². The van der Waals surface area contributed by atoms with E-state index in [0.29, 0.717) is 0 Å². The maximum absolute atomic E-state index is 10.6. The number of anilines is 1. The number of aromatic nitrogens is 2. The first kappa shape index (κ1) is 19.5. The molecular formula is C15H22N5O8+. The van der Waals surface area contributed by atoms with Crippen molar-refractivity contribution in [1.82, 2.24) is 14.5 Å². The summed E-state index contributed by atoms with van der Waals surface area (Å²) in [5, 5.41) is 60.6. The van der Waals surface area contributed by atoms with E-state index in [9.17, 15) is 30.6 Å². The number of aliphatic imine (C=N–C) groups is 1. The Morgan fingerprint density at radius 2 is 1.43 bits per heavy atom. The number of quaternary nitrogens is 1. The first-order chi connectivity index (χ1) is 13.4. The SMILES string of the molecule is Nc1ncnc2c1N=C[N+]2([C@@H]1O[C@H](CO)[C@@H](O)[C@H]1O)[C@@H]1O[C@H](CO)[C@@H](O)[C@@H]1O. The van der Waals surface area contributed by atoms with E-state index < -0.39 is 66.8 Å². The van der Waals surface area contributed by atoms with Gasteiger partial charge in [0.2, 0.25) is 18.8 Å². The molecule has 2 saturated heterocycles. The summed E-state index contributed by atoms with van der Waals surface area (Å²) in [6.45, 7) is -1.14. The molecule has 154 valence electrons. The second kappa shape index (κ2) is 6.91. The minimum atomic E-state index is -1.52. The van der Waals surface area contributed by atoms with Crippen molar-refractivity contribution in [2.24, 2.45) is 4.99 Å². The highest BCUT2D eigenvalue weighted by Crippen LogP contribution is 2.48. The van der Waals surface area contributed by atoms with E-state index in [-0.39, 0.29) is 17.3 Å². The third-order valence-electron chi connectivity index (χ3n) is 5.45. The van der Waals surface area contributed by atoms with Crippen LogP contribution in [-0.2, 0) is 9.47 Å². The Kier molecular flexibility index (Phi) is 4.81. The molecule has 8 N–H and O–H groups in total. The van der Waals surface area contributed by atoms with Crippen molar-refractivity contribution in [3.05, 3.63) is 6.33 Å². The van der Waals surface area contributed by atoms with Crippen molar-refractivity contribution in [2.45, 2.75) is 49.1 Å². The summed E-state index contributed by atoms with van der Waals surface area (Å²) in [6.07, 6.45) is -8.33. The van der Waals surface area contributed by atoms with Crippen molar-refractivity contribution in [3.63, 3.8) is 0 Å². The molecule has 3 aliphatic rings. The lowest BCUT2D eigenvalue weighted by Gasteiger charge is -2.40. The van der Waals surface area contributed by atoms with Crippen LogP contribution in [0.25, 0.3) is 0 Å². The van der Waals surface area contributed by atoms with Crippen molar-refractivity contribution in [2.75, 3.05) is 18.9 Å². The minimum absolute atomic E-state index is 0.0275. The lowest BCUT2D eigenvalue weighted by atomic mass is 10.1. The second-order valence-corrected chi connectivity index (χ2v) is 6.97. The fourth-order valence-corrected chi connectivity index (χ4v) is 3.98. The lowest BCUT2D eigenvalue weighted by Crippen LogP contribution is -2.68. The van der Waals surface area contributed by atoms with Crippen LogP contribution < -0.4 is 10.2 Å². The average molecular weight is 400 g/mol. The van der Waals surface area contributed by atoms with E-state index in [1.807, 2.05) is 0 Å². The summed E-state index contributed by atoms with van der Waals surface area (Å²) < 4.78 is 10.7. The Morgan fingerprint density at radius 3 is 1.89 bits per heavy atom. The number of aliphatic hydroxyl groups excluding tert-OH is 6. The molecule has 28 heavy (non-hydrogen) atoms. The number of rotatable bonds is 4. The van der Waals surface area contributed by atoms with E-state index in [2.05, 4.69) is 15.0 Å². The fraction of sp³-hybridized carbons (Fsp3) is 0.667. The van der Waals surface area contributed by atoms with Gasteiger partial charge < -0.3 is 45.8 Å². The van der Waals surface area contributed by atoms with Crippen LogP contribution in [0.1, 0.15) is 0 Å². The molecular weight excluding hydrogens is 378 g/mol. The smallest absolute Gasteiger partial charge is 0.269 e. The highest BCUT2D eigenvalue weighted by molar-refractivity contribution is 5.91. The second-order valence-electron chi connectivity index (χ2n) is 6.97. The Balaban J connectivity index is 1.86. The van der Waals surface area contributed by atoms with Gasteiger partial charge in [-0.3, -0.25) is 0 Å². The minimum Gasteiger partial charge on any atom is -0.394 e. The molecule has 0 amide bonds. The standard InChI is InChI=1S/C15H22N5O8/c16-12-7-13(18-3-17-12)20(4-19-7,14-10(25)8(23)5(1-21)27-14)15-11(26)9(24)6(2-22)28-15/h3-6,8-11,14-15,21-26H,1-2H2,(H2,16,17,18)/q+1/t5-,6-,8-,9-,10-,11+,14-,15-,20?/m1/s1. The molecule has 0 aliphatic carbocycles. The number of ether oxygens (including phenoxy) is 2. The third-order valence-corrected chi connectivity index (χ3v) is 5.45. The molecule has 13 nitrogen and oxygen atoms in total. The zero-order chi connectivity index (χ0) is 20.2. The van der Waals surface area contributed by atoms with Crippen LogP contribution in [0.5, 0.6) is 0 Å². The molecule has 1 aromatic heterocycles. The Hall–Kier alpha value is -1.81. The van der Waals surface area contributed by atoms with Crippen LogP contribution in [0, 0.1) is 0 Å². The van der Waals surface area contributed by atoms with Gasteiger partial charge in [-0.1, -0.05) is 0 Å². The van der Waals surface area contributed by atoms with Gasteiger partial charge in [0.05, 0.1) is 13.2 Å². The molecule has 0 aromatic carbocycles. The highest BCUT2D eigenvalue weighted by Gasteiger charge is 2.66. The van der Waals surface area contributed by atoms with E-state index >= 15 is 0 Å². The monoisotopic (exact) mass is 400 g/mol. The average Bonchev–Trinajstić information content (AvgIpc) is 3.31. The quantitative estimate of drug-likeness (QED) is 0.242. The Morgan fingerprint density at radius 1 is 0.893 bits per heavy atom. The van der Waals surface area contributed by atoms with Crippen LogP contribution in [0.3, 0.4) is 0 Å². The zero-order valence-corrected chi connectivity index (χ0v) is 14.6. The van der Waals surface area contributed by atoms with Gasteiger partial charge >= 0.3 is 0 Å². The predicted molar refractivity (Wildman–Crippen MR) is 91.9 cm³/mol. The van der Waals surface area contributed by atoms with Gasteiger partial charge in [-0.05, 0) is 0 Å². The lowest BCUT2D eigenvalue weighted by molar-refractivity contribution is -0.147. The normalized spacial score (nSPS) is 44.9. The first-order valence-electron chi connectivity index (χ1n) is 8.66. The highest BCUT2D eigenvalue weighted by atomic mass is 16.6. The number of nitrogens with zero attached hydrogens (tertiary/aromatic N) is 4. The van der Waals surface area contributed by atoms with Gasteiger partial charge in [0, 0.05) is 0 Å². The van der Waals surface area contributed by atoms with E-state index in [1.165, 1.54) is 6.34 Å². The molecule has 3 aliphatic heterocycles. The molecule has 4 rings (SSSR count). The maximum atomic E-state index is 10.6. The van der Waals surface area contributed by atoms with Crippen LogP contribution in [0.15, 0.2) is 11.3 Å². The maximum Gasteiger partial charge on any atom is 0.269 e. The fourth-order valence-electron chi connectivity index (χ4n) is 3.98. The molecule has 1 unspecified atom stereocenters. The zero-order valence-electron chi connectivity index (χ0n) is 14.6. The van der Waals surface area contributed by atoms with Crippen molar-refractivity contribution < 1.29 is 40.1 Å². The number of hydrogen-bond donors (Lipinski definition) is 7. The van der Waals surface area contributed by atoms with Crippen LogP contribution >= 0.6 is 0 Å². The summed E-state index contributed by atoms with van der Waals surface area (Å²) in [6, 6.07) is 0. The first-order valence-corrected chi connectivity index (χ1v) is 8.66. The van der Waals surface area contributed by atoms with Gasteiger partial charge in [-0.15, -0.1) is 0 Å². The summed E-state index contributed by atoms with van der Waals surface area (Å²) in [7, 11) is 0. The van der Waals surface area contributed by atoms with Crippen molar-refractivity contribution in [1.29, 1.82) is 0 Å². The number of aliphatic hydroxyl groups is 6.